The highest BCUT2D eigenvalue weighted by Gasteiger charge is 2.24. The highest BCUT2D eigenvalue weighted by Crippen LogP contribution is 2.25. The standard InChI is InChI=1S/C11H13NO2/c1-12-6-10(7-12)8-2-4-9(5-3-8)11(13)14/h2-5,10H,6-7H2,1H3,(H,13,14). The van der Waals surface area contributed by atoms with Crippen molar-refractivity contribution in [1.82, 2.24) is 4.90 Å². The molecule has 0 radical (unpaired) electrons. The number of carboxylic acid groups (broad SMARTS) is 1. The quantitative estimate of drug-likeness (QED) is 0.768. The van der Waals surface area contributed by atoms with Gasteiger partial charge in [-0.1, -0.05) is 12.1 Å². The third-order valence-electron chi connectivity index (χ3n) is 2.69. The number of benzene rings is 1. The molecule has 3 heteroatoms. The lowest BCUT2D eigenvalue weighted by Gasteiger charge is -2.36. The first-order valence-electron chi connectivity index (χ1n) is 4.68. The number of nitrogens with zero attached hydrogens (tertiary/aromatic N) is 1. The van der Waals surface area contributed by atoms with Crippen LogP contribution in [0.3, 0.4) is 0 Å². The summed E-state index contributed by atoms with van der Waals surface area (Å²) in [5, 5.41) is 8.72. The van der Waals surface area contributed by atoms with E-state index in [0.717, 1.165) is 13.1 Å². The first-order valence-corrected chi connectivity index (χ1v) is 4.68. The summed E-state index contributed by atoms with van der Waals surface area (Å²) < 4.78 is 0. The van der Waals surface area contributed by atoms with Gasteiger partial charge in [0.15, 0.2) is 0 Å². The summed E-state index contributed by atoms with van der Waals surface area (Å²) in [6.07, 6.45) is 0. The van der Waals surface area contributed by atoms with Gasteiger partial charge in [-0.05, 0) is 24.7 Å². The van der Waals surface area contributed by atoms with E-state index >= 15 is 0 Å². The van der Waals surface area contributed by atoms with Crippen molar-refractivity contribution in [2.75, 3.05) is 20.1 Å². The van der Waals surface area contributed by atoms with Crippen LogP contribution in [0.4, 0.5) is 0 Å². The van der Waals surface area contributed by atoms with Gasteiger partial charge < -0.3 is 10.0 Å². The summed E-state index contributed by atoms with van der Waals surface area (Å²) in [5.41, 5.74) is 1.61. The summed E-state index contributed by atoms with van der Waals surface area (Å²) in [4.78, 5) is 12.9. The van der Waals surface area contributed by atoms with Gasteiger partial charge in [0.1, 0.15) is 0 Å². The van der Waals surface area contributed by atoms with Crippen LogP contribution in [0.15, 0.2) is 24.3 Å². The van der Waals surface area contributed by atoms with Crippen molar-refractivity contribution < 1.29 is 9.90 Å². The van der Waals surface area contributed by atoms with Gasteiger partial charge in [-0.3, -0.25) is 0 Å². The lowest BCUT2D eigenvalue weighted by Crippen LogP contribution is -2.41. The van der Waals surface area contributed by atoms with Gasteiger partial charge in [-0.2, -0.15) is 0 Å². The minimum absolute atomic E-state index is 0.362. The molecule has 0 saturated carbocycles. The molecule has 1 aromatic carbocycles. The summed E-state index contributed by atoms with van der Waals surface area (Å²) in [7, 11) is 2.09. The number of carbonyl (C=O) groups is 1. The van der Waals surface area contributed by atoms with Crippen molar-refractivity contribution in [2.45, 2.75) is 5.92 Å². The molecule has 1 fully saturated rings. The van der Waals surface area contributed by atoms with Gasteiger partial charge in [0, 0.05) is 19.0 Å². The van der Waals surface area contributed by atoms with E-state index in [2.05, 4.69) is 11.9 Å². The van der Waals surface area contributed by atoms with E-state index in [4.69, 9.17) is 5.11 Å². The Morgan fingerprint density at radius 3 is 2.36 bits per heavy atom. The number of hydrogen-bond donors (Lipinski definition) is 1. The summed E-state index contributed by atoms with van der Waals surface area (Å²) in [5.74, 6) is -0.273. The third kappa shape index (κ3) is 1.63. The predicted octanol–water partition coefficient (Wildman–Crippen LogP) is 1.41. The number of hydrogen-bond acceptors (Lipinski definition) is 2. The molecular weight excluding hydrogens is 178 g/mol. The second-order valence-corrected chi connectivity index (χ2v) is 3.85. The second kappa shape index (κ2) is 3.42. The summed E-state index contributed by atoms with van der Waals surface area (Å²) >= 11 is 0. The zero-order valence-corrected chi connectivity index (χ0v) is 8.10. The zero-order chi connectivity index (χ0) is 10.1. The van der Waals surface area contributed by atoms with E-state index in [1.807, 2.05) is 12.1 Å². The van der Waals surface area contributed by atoms with Gasteiger partial charge in [-0.15, -0.1) is 0 Å². The Labute approximate surface area is 83.0 Å². The Balaban J connectivity index is 2.10. The lowest BCUT2D eigenvalue weighted by atomic mass is 9.91. The fraction of sp³-hybridized carbons (Fsp3) is 0.364. The average molecular weight is 191 g/mol. The largest absolute Gasteiger partial charge is 0.478 e. The van der Waals surface area contributed by atoms with Crippen molar-refractivity contribution >= 4 is 5.97 Å². The maximum atomic E-state index is 10.6. The van der Waals surface area contributed by atoms with E-state index in [0.29, 0.717) is 11.5 Å². The number of likely N-dealkylation sites (N-methyl/N-ethyl adjacent to an activating group) is 1. The van der Waals surface area contributed by atoms with Crippen molar-refractivity contribution in [2.24, 2.45) is 0 Å². The zero-order valence-electron chi connectivity index (χ0n) is 8.10. The highest BCUT2D eigenvalue weighted by molar-refractivity contribution is 5.87. The first-order chi connectivity index (χ1) is 6.66. The SMILES string of the molecule is CN1CC(c2ccc(C(=O)O)cc2)C1. The van der Waals surface area contributed by atoms with Crippen LogP contribution in [0.1, 0.15) is 21.8 Å². The maximum absolute atomic E-state index is 10.6. The maximum Gasteiger partial charge on any atom is 0.335 e. The molecule has 1 aromatic rings. The Bertz CT molecular complexity index is 339. The molecule has 0 amide bonds. The fourth-order valence-electron chi connectivity index (χ4n) is 1.81. The molecule has 0 aromatic heterocycles. The van der Waals surface area contributed by atoms with Crippen molar-refractivity contribution in [1.29, 1.82) is 0 Å². The minimum Gasteiger partial charge on any atom is -0.478 e. The molecule has 14 heavy (non-hydrogen) atoms. The van der Waals surface area contributed by atoms with Crippen LogP contribution in [0.5, 0.6) is 0 Å². The van der Waals surface area contributed by atoms with E-state index in [1.165, 1.54) is 5.56 Å². The summed E-state index contributed by atoms with van der Waals surface area (Å²) in [6, 6.07) is 7.19. The monoisotopic (exact) mass is 191 g/mol. The van der Waals surface area contributed by atoms with Crippen LogP contribution in [0.25, 0.3) is 0 Å². The number of rotatable bonds is 2. The van der Waals surface area contributed by atoms with Crippen molar-refractivity contribution in [3.05, 3.63) is 35.4 Å². The molecule has 1 aliphatic heterocycles. The van der Waals surface area contributed by atoms with Crippen LogP contribution in [0.2, 0.25) is 0 Å². The van der Waals surface area contributed by atoms with Crippen molar-refractivity contribution in [3.63, 3.8) is 0 Å². The van der Waals surface area contributed by atoms with E-state index in [9.17, 15) is 4.79 Å². The highest BCUT2D eigenvalue weighted by atomic mass is 16.4. The topological polar surface area (TPSA) is 40.5 Å². The van der Waals surface area contributed by atoms with Gasteiger partial charge in [0.2, 0.25) is 0 Å². The molecule has 1 heterocycles. The van der Waals surface area contributed by atoms with Crippen LogP contribution in [-0.4, -0.2) is 36.1 Å². The molecule has 0 aliphatic carbocycles. The van der Waals surface area contributed by atoms with Gasteiger partial charge >= 0.3 is 5.97 Å². The minimum atomic E-state index is -0.859. The first kappa shape index (κ1) is 9.21. The second-order valence-electron chi connectivity index (χ2n) is 3.85. The summed E-state index contributed by atoms with van der Waals surface area (Å²) in [6.45, 7) is 2.15. The molecular formula is C11H13NO2. The molecule has 0 atom stereocenters. The molecule has 1 saturated heterocycles. The molecule has 0 bridgehead atoms. The van der Waals surface area contributed by atoms with Crippen LogP contribution >= 0.6 is 0 Å². The normalized spacial score (nSPS) is 17.8. The Morgan fingerprint density at radius 2 is 1.93 bits per heavy atom. The number of aromatic carboxylic acids is 1. The average Bonchev–Trinajstić information content (AvgIpc) is 2.13. The van der Waals surface area contributed by atoms with Gasteiger partial charge in [0.25, 0.3) is 0 Å². The van der Waals surface area contributed by atoms with Crippen LogP contribution < -0.4 is 0 Å². The van der Waals surface area contributed by atoms with Crippen molar-refractivity contribution in [3.8, 4) is 0 Å². The molecule has 2 rings (SSSR count). The smallest absolute Gasteiger partial charge is 0.335 e. The molecule has 1 N–H and O–H groups in total. The van der Waals surface area contributed by atoms with E-state index in [1.54, 1.807) is 12.1 Å². The molecule has 0 spiro atoms. The van der Waals surface area contributed by atoms with Crippen LogP contribution in [0, 0.1) is 0 Å². The number of carboxylic acids is 1. The Morgan fingerprint density at radius 1 is 1.36 bits per heavy atom. The Hall–Kier alpha value is -1.35. The predicted molar refractivity (Wildman–Crippen MR) is 53.6 cm³/mol. The molecule has 3 nitrogen and oxygen atoms in total. The third-order valence-corrected chi connectivity index (χ3v) is 2.69. The lowest BCUT2D eigenvalue weighted by molar-refractivity contribution is 0.0697. The van der Waals surface area contributed by atoms with E-state index < -0.39 is 5.97 Å². The fourth-order valence-corrected chi connectivity index (χ4v) is 1.81. The molecule has 0 unspecified atom stereocenters. The van der Waals surface area contributed by atoms with E-state index in [-0.39, 0.29) is 0 Å². The molecule has 74 valence electrons. The van der Waals surface area contributed by atoms with Gasteiger partial charge in [0.05, 0.1) is 5.56 Å². The van der Waals surface area contributed by atoms with Crippen LogP contribution in [-0.2, 0) is 0 Å². The van der Waals surface area contributed by atoms with Gasteiger partial charge in [-0.25, -0.2) is 4.79 Å². The number of likely N-dealkylation sites (tertiary alicyclic amines) is 1. The molecule has 1 aliphatic rings. The Kier molecular flexibility index (Phi) is 2.25.